The number of nitrogens with zero attached hydrogens (tertiary/aromatic N) is 3. The molecule has 0 spiro atoms. The fourth-order valence-electron chi connectivity index (χ4n) is 3.43. The lowest BCUT2D eigenvalue weighted by molar-refractivity contribution is -0.115. The van der Waals surface area contributed by atoms with Crippen molar-refractivity contribution in [2.24, 2.45) is 5.92 Å². The molecule has 1 atom stereocenters. The molecule has 0 saturated carbocycles. The number of amides is 1. The van der Waals surface area contributed by atoms with E-state index < -0.39 is 5.25 Å². The molecular formula is C26H24N4OS2. The number of aromatic nitrogens is 2. The Bertz CT molecular complexity index is 1340. The Labute approximate surface area is 201 Å². The average Bonchev–Trinajstić information content (AvgIpc) is 3.27. The predicted octanol–water partition coefficient (Wildman–Crippen LogP) is 6.55. The van der Waals surface area contributed by atoms with Crippen LogP contribution in [0.15, 0.2) is 65.0 Å². The summed E-state index contributed by atoms with van der Waals surface area (Å²) < 4.78 is 0. The molecule has 0 saturated heterocycles. The first-order valence-electron chi connectivity index (χ1n) is 10.7. The van der Waals surface area contributed by atoms with Gasteiger partial charge in [-0.2, -0.15) is 5.26 Å². The van der Waals surface area contributed by atoms with E-state index in [1.807, 2.05) is 36.6 Å². The van der Waals surface area contributed by atoms with Gasteiger partial charge in [0, 0.05) is 16.6 Å². The summed E-state index contributed by atoms with van der Waals surface area (Å²) in [6.07, 6.45) is 0.830. The Balaban J connectivity index is 1.45. The molecule has 33 heavy (non-hydrogen) atoms. The van der Waals surface area contributed by atoms with Gasteiger partial charge in [-0.3, -0.25) is 4.79 Å². The van der Waals surface area contributed by atoms with Crippen molar-refractivity contribution in [1.29, 1.82) is 5.26 Å². The van der Waals surface area contributed by atoms with Gasteiger partial charge in [-0.1, -0.05) is 62.0 Å². The van der Waals surface area contributed by atoms with E-state index in [0.29, 0.717) is 21.6 Å². The molecule has 2 heterocycles. The first-order chi connectivity index (χ1) is 15.9. The fourth-order valence-corrected chi connectivity index (χ4v) is 5.06. The van der Waals surface area contributed by atoms with Gasteiger partial charge in [-0.25, -0.2) is 9.97 Å². The van der Waals surface area contributed by atoms with Gasteiger partial charge in [0.05, 0.1) is 16.5 Å². The highest BCUT2D eigenvalue weighted by atomic mass is 32.2. The van der Waals surface area contributed by atoms with Gasteiger partial charge in [0.25, 0.3) is 0 Å². The van der Waals surface area contributed by atoms with Crippen molar-refractivity contribution in [2.75, 3.05) is 5.32 Å². The van der Waals surface area contributed by atoms with Gasteiger partial charge in [0.1, 0.15) is 11.1 Å². The Morgan fingerprint density at radius 1 is 1.09 bits per heavy atom. The topological polar surface area (TPSA) is 78.7 Å². The van der Waals surface area contributed by atoms with Gasteiger partial charge in [0.15, 0.2) is 5.13 Å². The first-order valence-corrected chi connectivity index (χ1v) is 12.5. The van der Waals surface area contributed by atoms with Crippen LogP contribution in [0, 0.1) is 17.2 Å². The molecule has 1 N–H and O–H groups in total. The molecule has 1 unspecified atom stereocenters. The molecule has 4 rings (SSSR count). The van der Waals surface area contributed by atoms with Crippen molar-refractivity contribution in [3.05, 3.63) is 71.2 Å². The maximum Gasteiger partial charge on any atom is 0.239 e. The van der Waals surface area contributed by atoms with E-state index in [1.54, 1.807) is 6.07 Å². The van der Waals surface area contributed by atoms with Crippen molar-refractivity contribution in [1.82, 2.24) is 9.97 Å². The number of nitrogens with one attached hydrogen (secondary N) is 1. The molecule has 0 aliphatic heterocycles. The van der Waals surface area contributed by atoms with E-state index in [0.717, 1.165) is 28.8 Å². The Hall–Kier alpha value is -3.21. The van der Waals surface area contributed by atoms with Crippen LogP contribution in [-0.2, 0) is 11.2 Å². The number of hydrogen-bond donors (Lipinski definition) is 1. The van der Waals surface area contributed by atoms with Gasteiger partial charge >= 0.3 is 0 Å². The lowest BCUT2D eigenvalue weighted by atomic mass is 10.1. The summed E-state index contributed by atoms with van der Waals surface area (Å²) in [5.74, 6) is 0.296. The molecule has 4 aromatic rings. The second-order valence-corrected chi connectivity index (χ2v) is 10.4. The van der Waals surface area contributed by atoms with Crippen LogP contribution in [-0.4, -0.2) is 21.1 Å². The van der Waals surface area contributed by atoms with Crippen LogP contribution in [0.5, 0.6) is 0 Å². The Kier molecular flexibility index (Phi) is 7.07. The highest BCUT2D eigenvalue weighted by Gasteiger charge is 2.19. The molecule has 0 aliphatic rings. The third-order valence-corrected chi connectivity index (χ3v) is 6.95. The van der Waals surface area contributed by atoms with Crippen molar-refractivity contribution in [2.45, 2.75) is 37.5 Å². The standard InChI is InChI=1S/C26H24N4OS2/c1-16(2)12-22-11-10-21(14-27)25(28-22)33-17(3)24(31)30-26-29-23(15-32-26)20-9-8-18-6-4-5-7-19(18)13-20/h4-11,13,15-17H,12H2,1-3H3,(H,29,30,31). The van der Waals surface area contributed by atoms with E-state index in [1.165, 1.54) is 28.5 Å². The molecule has 0 fully saturated rings. The third kappa shape index (κ3) is 5.59. The summed E-state index contributed by atoms with van der Waals surface area (Å²) in [6.45, 7) is 6.07. The van der Waals surface area contributed by atoms with Crippen LogP contribution in [0.2, 0.25) is 0 Å². The van der Waals surface area contributed by atoms with Gasteiger partial charge in [-0.05, 0) is 48.2 Å². The van der Waals surface area contributed by atoms with Gasteiger partial charge in [0.2, 0.25) is 5.91 Å². The Morgan fingerprint density at radius 3 is 2.64 bits per heavy atom. The van der Waals surface area contributed by atoms with Crippen LogP contribution in [0.1, 0.15) is 32.0 Å². The zero-order valence-electron chi connectivity index (χ0n) is 18.7. The molecule has 0 radical (unpaired) electrons. The molecule has 2 aromatic heterocycles. The monoisotopic (exact) mass is 472 g/mol. The fraction of sp³-hybridized carbons (Fsp3) is 0.231. The molecule has 1 amide bonds. The Morgan fingerprint density at radius 2 is 1.88 bits per heavy atom. The minimum Gasteiger partial charge on any atom is -0.301 e. The number of carbonyl (C=O) groups is 1. The number of fused-ring (bicyclic) bond motifs is 1. The van der Waals surface area contributed by atoms with Crippen molar-refractivity contribution in [3.8, 4) is 17.3 Å². The lowest BCUT2D eigenvalue weighted by Gasteiger charge is -2.12. The number of thioether (sulfide) groups is 1. The molecule has 7 heteroatoms. The number of carbonyl (C=O) groups excluding carboxylic acids is 1. The second kappa shape index (κ2) is 10.2. The molecule has 2 aromatic carbocycles. The second-order valence-electron chi connectivity index (χ2n) is 8.21. The largest absolute Gasteiger partial charge is 0.301 e. The minimum absolute atomic E-state index is 0.167. The zero-order chi connectivity index (χ0) is 23.4. The van der Waals surface area contributed by atoms with Crippen LogP contribution in [0.3, 0.4) is 0 Å². The summed E-state index contributed by atoms with van der Waals surface area (Å²) in [5.41, 5.74) is 3.26. The highest BCUT2D eigenvalue weighted by molar-refractivity contribution is 8.00. The quantitative estimate of drug-likeness (QED) is 0.309. The minimum atomic E-state index is -0.424. The van der Waals surface area contributed by atoms with E-state index in [-0.39, 0.29) is 5.91 Å². The van der Waals surface area contributed by atoms with Gasteiger partial charge in [-0.15, -0.1) is 11.3 Å². The molecular weight excluding hydrogens is 448 g/mol. The zero-order valence-corrected chi connectivity index (χ0v) is 20.3. The summed E-state index contributed by atoms with van der Waals surface area (Å²) in [6, 6.07) is 20.3. The van der Waals surface area contributed by atoms with Crippen LogP contribution >= 0.6 is 23.1 Å². The van der Waals surface area contributed by atoms with Gasteiger partial charge < -0.3 is 5.32 Å². The molecule has 166 valence electrons. The average molecular weight is 473 g/mol. The number of pyridine rings is 1. The number of rotatable bonds is 7. The molecule has 5 nitrogen and oxygen atoms in total. The summed E-state index contributed by atoms with van der Waals surface area (Å²) in [7, 11) is 0. The number of nitriles is 1. The predicted molar refractivity (Wildman–Crippen MR) is 136 cm³/mol. The lowest BCUT2D eigenvalue weighted by Crippen LogP contribution is -2.22. The summed E-state index contributed by atoms with van der Waals surface area (Å²) in [4.78, 5) is 22.1. The SMILES string of the molecule is CC(C)Cc1ccc(C#N)c(SC(C)C(=O)Nc2nc(-c3ccc4ccccc4c3)cs2)n1. The normalized spacial score (nSPS) is 12.0. The van der Waals surface area contributed by atoms with Crippen LogP contribution in [0.4, 0.5) is 5.13 Å². The molecule has 0 bridgehead atoms. The van der Waals surface area contributed by atoms with Crippen molar-refractivity contribution < 1.29 is 4.79 Å². The summed E-state index contributed by atoms with van der Waals surface area (Å²) >= 11 is 2.70. The number of anilines is 1. The summed E-state index contributed by atoms with van der Waals surface area (Å²) in [5, 5.41) is 17.4. The molecule has 0 aliphatic carbocycles. The maximum absolute atomic E-state index is 12.8. The van der Waals surface area contributed by atoms with Crippen LogP contribution < -0.4 is 5.32 Å². The van der Waals surface area contributed by atoms with E-state index in [9.17, 15) is 10.1 Å². The first kappa shape index (κ1) is 23.0. The number of benzene rings is 2. The van der Waals surface area contributed by atoms with Crippen molar-refractivity contribution >= 4 is 44.9 Å². The highest BCUT2D eigenvalue weighted by Crippen LogP contribution is 2.30. The number of hydrogen-bond acceptors (Lipinski definition) is 6. The van der Waals surface area contributed by atoms with E-state index in [4.69, 9.17) is 0 Å². The van der Waals surface area contributed by atoms with E-state index in [2.05, 4.69) is 59.5 Å². The smallest absolute Gasteiger partial charge is 0.239 e. The number of thiazole rings is 1. The van der Waals surface area contributed by atoms with E-state index >= 15 is 0 Å². The van der Waals surface area contributed by atoms with Crippen molar-refractivity contribution in [3.63, 3.8) is 0 Å². The van der Waals surface area contributed by atoms with Crippen LogP contribution in [0.25, 0.3) is 22.0 Å². The third-order valence-electron chi connectivity index (χ3n) is 5.09. The maximum atomic E-state index is 12.8.